The fraction of sp³-hybridized carbons (Fsp3) is 0.941. The molecule has 0 bridgehead atoms. The highest BCUT2D eigenvalue weighted by Gasteiger charge is 2.26. The highest BCUT2D eigenvalue weighted by atomic mass is 16.5. The zero-order valence-corrected chi connectivity index (χ0v) is 14.0. The van der Waals surface area contributed by atoms with Gasteiger partial charge in [-0.3, -0.25) is 0 Å². The van der Waals surface area contributed by atoms with E-state index in [1.165, 1.54) is 43.8 Å². The highest BCUT2D eigenvalue weighted by molar-refractivity contribution is 5.64. The van der Waals surface area contributed by atoms with Crippen molar-refractivity contribution in [1.29, 1.82) is 0 Å². The van der Waals surface area contributed by atoms with Crippen LogP contribution in [0.25, 0.3) is 0 Å². The fourth-order valence-electron chi connectivity index (χ4n) is 3.68. The van der Waals surface area contributed by atoms with E-state index in [0.717, 1.165) is 45.3 Å². The van der Waals surface area contributed by atoms with E-state index in [2.05, 4.69) is 4.90 Å². The third kappa shape index (κ3) is 5.76. The Bertz CT molecular complexity index is 324. The molecule has 2 rings (SSSR count). The first-order chi connectivity index (χ1) is 10.7. The Morgan fingerprint density at radius 1 is 1.18 bits per heavy atom. The highest BCUT2D eigenvalue weighted by Crippen LogP contribution is 2.27. The second-order valence-electron chi connectivity index (χ2n) is 6.90. The molecule has 1 heterocycles. The summed E-state index contributed by atoms with van der Waals surface area (Å²) in [6, 6.07) is 0.202. The standard InChI is InChI=1S/C17H32N2O3/c1-18(17(20)21)16-8-6-15(7-9-16)14-22-13-5-12-19-10-3-2-4-11-19/h15-16H,2-14H2,1H3,(H,20,21). The number of carbonyl (C=O) groups is 1. The minimum absolute atomic E-state index is 0.202. The van der Waals surface area contributed by atoms with Gasteiger partial charge in [0.25, 0.3) is 0 Å². The number of amides is 1. The van der Waals surface area contributed by atoms with Crippen molar-refractivity contribution in [3.8, 4) is 0 Å². The topological polar surface area (TPSA) is 53.0 Å². The molecular formula is C17H32N2O3. The van der Waals surface area contributed by atoms with E-state index in [1.54, 1.807) is 7.05 Å². The summed E-state index contributed by atoms with van der Waals surface area (Å²) in [5.41, 5.74) is 0. The first-order valence-electron chi connectivity index (χ1n) is 8.92. The predicted molar refractivity (Wildman–Crippen MR) is 87.3 cm³/mol. The SMILES string of the molecule is CN(C(=O)O)C1CCC(COCCCN2CCCCC2)CC1. The van der Waals surface area contributed by atoms with Crippen LogP contribution in [0.15, 0.2) is 0 Å². The Balaban J connectivity index is 1.49. The van der Waals surface area contributed by atoms with E-state index < -0.39 is 6.09 Å². The molecule has 1 aliphatic heterocycles. The Labute approximate surface area is 134 Å². The lowest BCUT2D eigenvalue weighted by Crippen LogP contribution is -2.39. The molecule has 128 valence electrons. The smallest absolute Gasteiger partial charge is 0.407 e. The molecule has 5 heteroatoms. The molecule has 2 aliphatic rings. The van der Waals surface area contributed by atoms with Crippen molar-refractivity contribution in [2.24, 2.45) is 5.92 Å². The molecule has 1 N–H and O–H groups in total. The van der Waals surface area contributed by atoms with Gasteiger partial charge in [0.05, 0.1) is 0 Å². The van der Waals surface area contributed by atoms with Gasteiger partial charge in [-0.25, -0.2) is 4.79 Å². The summed E-state index contributed by atoms with van der Waals surface area (Å²) in [6.45, 7) is 5.42. The van der Waals surface area contributed by atoms with Gasteiger partial charge in [-0.15, -0.1) is 0 Å². The molecule has 1 aliphatic carbocycles. The third-order valence-electron chi connectivity index (χ3n) is 5.23. The number of ether oxygens (including phenoxy) is 1. The van der Waals surface area contributed by atoms with Gasteiger partial charge in [0.15, 0.2) is 0 Å². The maximum Gasteiger partial charge on any atom is 0.407 e. The Morgan fingerprint density at radius 3 is 2.50 bits per heavy atom. The second kappa shape index (κ2) is 9.36. The van der Waals surface area contributed by atoms with Crippen molar-refractivity contribution < 1.29 is 14.6 Å². The predicted octanol–water partition coefficient (Wildman–Crippen LogP) is 3.05. The van der Waals surface area contributed by atoms with Crippen LogP contribution in [0.3, 0.4) is 0 Å². The quantitative estimate of drug-likeness (QED) is 0.734. The molecule has 2 fully saturated rings. The monoisotopic (exact) mass is 312 g/mol. The van der Waals surface area contributed by atoms with Crippen molar-refractivity contribution in [2.45, 2.75) is 57.4 Å². The first kappa shape index (κ1) is 17.5. The molecule has 0 spiro atoms. The number of rotatable bonds is 7. The number of hydrogen-bond acceptors (Lipinski definition) is 3. The maximum atomic E-state index is 11.0. The molecule has 0 unspecified atom stereocenters. The van der Waals surface area contributed by atoms with E-state index in [-0.39, 0.29) is 6.04 Å². The average molecular weight is 312 g/mol. The van der Waals surface area contributed by atoms with Crippen molar-refractivity contribution in [1.82, 2.24) is 9.80 Å². The zero-order valence-electron chi connectivity index (χ0n) is 14.0. The minimum atomic E-state index is -0.808. The molecule has 0 aromatic heterocycles. The van der Waals surface area contributed by atoms with Crippen molar-refractivity contribution in [2.75, 3.05) is 39.9 Å². The van der Waals surface area contributed by atoms with Crippen molar-refractivity contribution >= 4 is 6.09 Å². The van der Waals surface area contributed by atoms with Crippen LogP contribution >= 0.6 is 0 Å². The van der Waals surface area contributed by atoms with Crippen LogP contribution in [0.4, 0.5) is 4.79 Å². The lowest BCUT2D eigenvalue weighted by atomic mass is 9.86. The summed E-state index contributed by atoms with van der Waals surface area (Å²) in [7, 11) is 1.68. The van der Waals surface area contributed by atoms with Gasteiger partial charge >= 0.3 is 6.09 Å². The molecule has 22 heavy (non-hydrogen) atoms. The van der Waals surface area contributed by atoms with E-state index in [1.807, 2.05) is 0 Å². The molecule has 0 aromatic carbocycles. The summed E-state index contributed by atoms with van der Waals surface area (Å²) in [6.07, 6.45) is 8.57. The van der Waals surface area contributed by atoms with E-state index in [0.29, 0.717) is 5.92 Å². The lowest BCUT2D eigenvalue weighted by molar-refractivity contribution is 0.0614. The van der Waals surface area contributed by atoms with E-state index in [4.69, 9.17) is 9.84 Å². The lowest BCUT2D eigenvalue weighted by Gasteiger charge is -2.33. The molecule has 1 saturated heterocycles. The molecular weight excluding hydrogens is 280 g/mol. The van der Waals surface area contributed by atoms with Gasteiger partial charge < -0.3 is 19.6 Å². The van der Waals surface area contributed by atoms with Gasteiger partial charge in [-0.1, -0.05) is 6.42 Å². The van der Waals surface area contributed by atoms with Crippen LogP contribution < -0.4 is 0 Å². The van der Waals surface area contributed by atoms with Gasteiger partial charge in [0.2, 0.25) is 0 Å². The Kier molecular flexibility index (Phi) is 7.46. The zero-order chi connectivity index (χ0) is 15.8. The molecule has 5 nitrogen and oxygen atoms in total. The molecule has 0 aromatic rings. The van der Waals surface area contributed by atoms with Crippen molar-refractivity contribution in [3.05, 3.63) is 0 Å². The molecule has 0 atom stereocenters. The van der Waals surface area contributed by atoms with Gasteiger partial charge in [-0.05, 0) is 64.0 Å². The number of nitrogens with zero attached hydrogens (tertiary/aromatic N) is 2. The normalized spacial score (nSPS) is 26.8. The summed E-state index contributed by atoms with van der Waals surface area (Å²) < 4.78 is 5.85. The van der Waals surface area contributed by atoms with Gasteiger partial charge in [0, 0.05) is 32.8 Å². The van der Waals surface area contributed by atoms with Crippen molar-refractivity contribution in [3.63, 3.8) is 0 Å². The third-order valence-corrected chi connectivity index (χ3v) is 5.23. The number of carboxylic acid groups (broad SMARTS) is 1. The Hall–Kier alpha value is -0.810. The van der Waals surface area contributed by atoms with Gasteiger partial charge in [-0.2, -0.15) is 0 Å². The number of hydrogen-bond donors (Lipinski definition) is 1. The fourth-order valence-corrected chi connectivity index (χ4v) is 3.68. The minimum Gasteiger partial charge on any atom is -0.465 e. The number of piperidine rings is 1. The van der Waals surface area contributed by atoms with Crippen LogP contribution in [0.5, 0.6) is 0 Å². The molecule has 1 saturated carbocycles. The summed E-state index contributed by atoms with van der Waals surface area (Å²) in [5, 5.41) is 9.01. The summed E-state index contributed by atoms with van der Waals surface area (Å²) >= 11 is 0. The molecule has 1 amide bonds. The van der Waals surface area contributed by atoms with Crippen LogP contribution in [0, 0.1) is 5.92 Å². The van der Waals surface area contributed by atoms with Crippen LogP contribution in [0.1, 0.15) is 51.4 Å². The molecule has 0 radical (unpaired) electrons. The second-order valence-corrected chi connectivity index (χ2v) is 6.90. The van der Waals surface area contributed by atoms with Gasteiger partial charge in [0.1, 0.15) is 0 Å². The Morgan fingerprint density at radius 2 is 1.86 bits per heavy atom. The number of likely N-dealkylation sites (tertiary alicyclic amines) is 1. The van der Waals surface area contributed by atoms with Crippen LogP contribution in [-0.2, 0) is 4.74 Å². The largest absolute Gasteiger partial charge is 0.465 e. The average Bonchev–Trinajstić information content (AvgIpc) is 2.55. The maximum absolute atomic E-state index is 11.0. The van der Waals surface area contributed by atoms with Crippen LogP contribution in [-0.4, -0.2) is 66.9 Å². The van der Waals surface area contributed by atoms with E-state index in [9.17, 15) is 4.79 Å². The van der Waals surface area contributed by atoms with Crippen LogP contribution in [0.2, 0.25) is 0 Å². The summed E-state index contributed by atoms with van der Waals surface area (Å²) in [4.78, 5) is 15.0. The summed E-state index contributed by atoms with van der Waals surface area (Å²) in [5.74, 6) is 0.619. The first-order valence-corrected chi connectivity index (χ1v) is 8.92. The van der Waals surface area contributed by atoms with E-state index >= 15 is 0 Å².